The highest BCUT2D eigenvalue weighted by Crippen LogP contribution is 2.13. The molecule has 2 aromatic rings. The Morgan fingerprint density at radius 2 is 2.00 bits per heavy atom. The van der Waals surface area contributed by atoms with Gasteiger partial charge in [0.15, 0.2) is 0 Å². The number of benzene rings is 1. The lowest BCUT2D eigenvalue weighted by molar-refractivity contribution is 0.0504. The Morgan fingerprint density at radius 1 is 1.26 bits per heavy atom. The van der Waals surface area contributed by atoms with Crippen molar-refractivity contribution in [3.05, 3.63) is 59.7 Å². The Morgan fingerprint density at radius 3 is 2.74 bits per heavy atom. The number of nitrogens with zero attached hydrogens (tertiary/aromatic N) is 1. The zero-order valence-corrected chi connectivity index (χ0v) is 10.2. The number of halogens is 1. The minimum atomic E-state index is -0.709. The molecule has 4 nitrogen and oxygen atoms in total. The quantitative estimate of drug-likeness (QED) is 0.676. The van der Waals surface area contributed by atoms with Crippen molar-refractivity contribution in [3.63, 3.8) is 0 Å². The maximum Gasteiger partial charge on any atom is 0.341 e. The van der Waals surface area contributed by atoms with Gasteiger partial charge in [-0.15, -0.1) is 0 Å². The SMILES string of the molecule is Nc1ccc(F)c(C(=O)OCCc2ccncc2)c1. The van der Waals surface area contributed by atoms with E-state index in [1.165, 1.54) is 12.1 Å². The third-order valence-electron chi connectivity index (χ3n) is 2.58. The van der Waals surface area contributed by atoms with E-state index in [-0.39, 0.29) is 12.2 Å². The first-order valence-corrected chi connectivity index (χ1v) is 5.78. The van der Waals surface area contributed by atoms with Gasteiger partial charge in [0.05, 0.1) is 12.2 Å². The highest BCUT2D eigenvalue weighted by atomic mass is 19.1. The molecule has 0 spiro atoms. The van der Waals surface area contributed by atoms with Gasteiger partial charge in [-0.25, -0.2) is 9.18 Å². The van der Waals surface area contributed by atoms with Crippen LogP contribution < -0.4 is 5.73 Å². The van der Waals surface area contributed by atoms with Crippen LogP contribution in [0.25, 0.3) is 0 Å². The second-order valence-electron chi connectivity index (χ2n) is 3.98. The highest BCUT2D eigenvalue weighted by molar-refractivity contribution is 5.90. The molecule has 1 aromatic heterocycles. The van der Waals surface area contributed by atoms with Crippen LogP contribution >= 0.6 is 0 Å². The lowest BCUT2D eigenvalue weighted by Crippen LogP contribution is -2.10. The summed E-state index contributed by atoms with van der Waals surface area (Å²) < 4.78 is 18.4. The molecule has 0 saturated carbocycles. The van der Waals surface area contributed by atoms with E-state index < -0.39 is 11.8 Å². The van der Waals surface area contributed by atoms with E-state index in [4.69, 9.17) is 10.5 Å². The Labute approximate surface area is 110 Å². The number of hydrogen-bond acceptors (Lipinski definition) is 4. The van der Waals surface area contributed by atoms with Crippen LogP contribution in [0.2, 0.25) is 0 Å². The summed E-state index contributed by atoms with van der Waals surface area (Å²) in [5.41, 5.74) is 6.68. The van der Waals surface area contributed by atoms with Crippen molar-refractivity contribution in [2.45, 2.75) is 6.42 Å². The van der Waals surface area contributed by atoms with Crippen molar-refractivity contribution in [3.8, 4) is 0 Å². The molecule has 19 heavy (non-hydrogen) atoms. The predicted octanol–water partition coefficient (Wildman–Crippen LogP) is 2.20. The summed E-state index contributed by atoms with van der Waals surface area (Å²) in [6, 6.07) is 7.46. The van der Waals surface area contributed by atoms with Crippen LogP contribution in [0.4, 0.5) is 10.1 Å². The number of ether oxygens (including phenoxy) is 1. The average Bonchev–Trinajstić information content (AvgIpc) is 2.42. The first-order valence-electron chi connectivity index (χ1n) is 5.78. The summed E-state index contributed by atoms with van der Waals surface area (Å²) in [5, 5.41) is 0. The molecular weight excluding hydrogens is 247 g/mol. The van der Waals surface area contributed by atoms with Gasteiger partial charge in [0.1, 0.15) is 5.82 Å². The molecule has 0 aliphatic carbocycles. The highest BCUT2D eigenvalue weighted by Gasteiger charge is 2.13. The van der Waals surface area contributed by atoms with Crippen molar-refractivity contribution >= 4 is 11.7 Å². The number of pyridine rings is 1. The number of hydrogen-bond donors (Lipinski definition) is 1. The van der Waals surface area contributed by atoms with E-state index in [1.54, 1.807) is 12.4 Å². The molecule has 98 valence electrons. The second kappa shape index (κ2) is 5.95. The normalized spacial score (nSPS) is 10.2. The summed E-state index contributed by atoms with van der Waals surface area (Å²) in [7, 11) is 0. The van der Waals surface area contributed by atoms with E-state index in [0.717, 1.165) is 11.6 Å². The summed E-state index contributed by atoms with van der Waals surface area (Å²) in [4.78, 5) is 15.6. The molecule has 5 heteroatoms. The number of carbonyl (C=O) groups is 1. The van der Waals surface area contributed by atoms with Crippen molar-refractivity contribution in [2.24, 2.45) is 0 Å². The minimum Gasteiger partial charge on any atom is -0.462 e. The van der Waals surface area contributed by atoms with E-state index >= 15 is 0 Å². The summed E-state index contributed by atoms with van der Waals surface area (Å²) in [6.45, 7) is 0.178. The molecule has 1 aromatic carbocycles. The van der Waals surface area contributed by atoms with Crippen LogP contribution in [0.5, 0.6) is 0 Å². The zero-order valence-electron chi connectivity index (χ0n) is 10.2. The van der Waals surface area contributed by atoms with Gasteiger partial charge in [-0.2, -0.15) is 0 Å². The number of nitrogen functional groups attached to an aromatic ring is 1. The van der Waals surface area contributed by atoms with Crippen LogP contribution in [-0.4, -0.2) is 17.6 Å². The molecule has 0 aliphatic rings. The Kier molecular flexibility index (Phi) is 4.07. The van der Waals surface area contributed by atoms with Gasteiger partial charge in [0.2, 0.25) is 0 Å². The zero-order chi connectivity index (χ0) is 13.7. The van der Waals surface area contributed by atoms with Crippen LogP contribution in [0.3, 0.4) is 0 Å². The molecule has 0 amide bonds. The van der Waals surface area contributed by atoms with E-state index in [0.29, 0.717) is 12.1 Å². The van der Waals surface area contributed by atoms with Crippen molar-refractivity contribution in [2.75, 3.05) is 12.3 Å². The van der Waals surface area contributed by atoms with Crippen LogP contribution in [0.15, 0.2) is 42.7 Å². The van der Waals surface area contributed by atoms with Crippen LogP contribution in [-0.2, 0) is 11.2 Å². The van der Waals surface area contributed by atoms with Gasteiger partial charge < -0.3 is 10.5 Å². The molecular formula is C14H13FN2O2. The maximum absolute atomic E-state index is 13.4. The molecule has 0 fully saturated rings. The average molecular weight is 260 g/mol. The van der Waals surface area contributed by atoms with E-state index in [9.17, 15) is 9.18 Å². The van der Waals surface area contributed by atoms with Gasteiger partial charge in [0, 0.05) is 24.5 Å². The van der Waals surface area contributed by atoms with Gasteiger partial charge in [0.25, 0.3) is 0 Å². The number of anilines is 1. The van der Waals surface area contributed by atoms with E-state index in [2.05, 4.69) is 4.98 Å². The Hall–Kier alpha value is -2.43. The molecule has 1 heterocycles. The van der Waals surface area contributed by atoms with E-state index in [1.807, 2.05) is 12.1 Å². The minimum absolute atomic E-state index is 0.144. The summed E-state index contributed by atoms with van der Waals surface area (Å²) in [6.07, 6.45) is 3.88. The largest absolute Gasteiger partial charge is 0.462 e. The molecule has 2 rings (SSSR count). The first-order chi connectivity index (χ1) is 9.16. The third kappa shape index (κ3) is 3.51. The Bertz CT molecular complexity index is 573. The molecule has 2 N–H and O–H groups in total. The molecule has 0 unspecified atom stereocenters. The number of nitrogens with two attached hydrogens (primary N) is 1. The van der Waals surface area contributed by atoms with Crippen molar-refractivity contribution in [1.82, 2.24) is 4.98 Å². The number of carbonyl (C=O) groups excluding carboxylic acids is 1. The van der Waals surface area contributed by atoms with Crippen LogP contribution in [0.1, 0.15) is 15.9 Å². The monoisotopic (exact) mass is 260 g/mol. The number of rotatable bonds is 4. The standard InChI is InChI=1S/C14H13FN2O2/c15-13-2-1-11(16)9-12(13)14(18)19-8-5-10-3-6-17-7-4-10/h1-4,6-7,9H,5,8,16H2. The number of aromatic nitrogens is 1. The van der Waals surface area contributed by atoms with Crippen LogP contribution in [0, 0.1) is 5.82 Å². The summed E-state index contributed by atoms with van der Waals surface area (Å²) >= 11 is 0. The lowest BCUT2D eigenvalue weighted by Gasteiger charge is -2.06. The van der Waals surface area contributed by atoms with Gasteiger partial charge in [-0.3, -0.25) is 4.98 Å². The van der Waals surface area contributed by atoms with Crippen molar-refractivity contribution in [1.29, 1.82) is 0 Å². The lowest BCUT2D eigenvalue weighted by atomic mass is 10.2. The summed E-state index contributed by atoms with van der Waals surface area (Å²) in [5.74, 6) is -1.35. The van der Waals surface area contributed by atoms with Gasteiger partial charge in [-0.05, 0) is 35.9 Å². The smallest absolute Gasteiger partial charge is 0.341 e. The second-order valence-corrected chi connectivity index (χ2v) is 3.98. The van der Waals surface area contributed by atoms with Crippen molar-refractivity contribution < 1.29 is 13.9 Å². The fourth-order valence-electron chi connectivity index (χ4n) is 1.59. The fourth-order valence-corrected chi connectivity index (χ4v) is 1.59. The molecule has 0 bridgehead atoms. The molecule has 0 radical (unpaired) electrons. The van der Waals surface area contributed by atoms with Gasteiger partial charge >= 0.3 is 5.97 Å². The Balaban J connectivity index is 1.93. The fraction of sp³-hybridized carbons (Fsp3) is 0.143. The third-order valence-corrected chi connectivity index (χ3v) is 2.58. The van der Waals surface area contributed by atoms with Gasteiger partial charge in [-0.1, -0.05) is 0 Å². The molecule has 0 aliphatic heterocycles. The molecule has 0 atom stereocenters. The number of esters is 1. The maximum atomic E-state index is 13.4. The predicted molar refractivity (Wildman–Crippen MR) is 69.0 cm³/mol. The first kappa shape index (κ1) is 13.0. The molecule has 0 saturated heterocycles. The topological polar surface area (TPSA) is 65.2 Å².